The van der Waals surface area contributed by atoms with Crippen molar-refractivity contribution in [3.05, 3.63) is 0 Å². The maximum atomic E-state index is 10.5. The Balaban J connectivity index is 2.62. The molecule has 2 atom stereocenters. The molecule has 0 radical (unpaired) electrons. The number of carbonyl (C=O) groups is 1. The van der Waals surface area contributed by atoms with Gasteiger partial charge in [-0.15, -0.1) is 0 Å². The second kappa shape index (κ2) is 3.08. The fourth-order valence-corrected chi connectivity index (χ4v) is 1.87. The minimum atomic E-state index is -1.59. The highest BCUT2D eigenvalue weighted by Gasteiger charge is 2.40. The summed E-state index contributed by atoms with van der Waals surface area (Å²) in [5.74, 6) is -1.21. The molecule has 0 spiro atoms. The first kappa shape index (κ1) is 8.95. The van der Waals surface area contributed by atoms with Gasteiger partial charge in [0.2, 0.25) is 0 Å². The lowest BCUT2D eigenvalue weighted by molar-refractivity contribution is -0.153. The summed E-state index contributed by atoms with van der Waals surface area (Å²) < 4.78 is 0. The summed E-state index contributed by atoms with van der Waals surface area (Å²) in [6.45, 7) is 0. The van der Waals surface area contributed by atoms with Crippen molar-refractivity contribution in [2.24, 2.45) is 5.92 Å². The van der Waals surface area contributed by atoms with E-state index < -0.39 is 11.3 Å². The average molecular weight is 176 g/mol. The van der Waals surface area contributed by atoms with E-state index in [9.17, 15) is 9.90 Å². The zero-order valence-electron chi connectivity index (χ0n) is 6.29. The molecular weight excluding hydrogens is 163 g/mol. The normalized spacial score (nSPS) is 24.9. The van der Waals surface area contributed by atoms with Crippen LogP contribution in [0.3, 0.4) is 0 Å². The number of carboxylic acids is 1. The zero-order chi connectivity index (χ0) is 8.48. The van der Waals surface area contributed by atoms with Crippen molar-refractivity contribution < 1.29 is 15.0 Å². The monoisotopic (exact) mass is 176 g/mol. The molecule has 2 N–H and O–H groups in total. The number of rotatable bonds is 2. The van der Waals surface area contributed by atoms with E-state index in [1.807, 2.05) is 9.24 Å². The molecule has 0 aromatic rings. The molecular formula is C7H13O3P. The van der Waals surface area contributed by atoms with E-state index in [2.05, 4.69) is 0 Å². The van der Waals surface area contributed by atoms with Gasteiger partial charge in [0.1, 0.15) is 0 Å². The smallest absolute Gasteiger partial charge is 0.339 e. The molecule has 64 valence electrons. The van der Waals surface area contributed by atoms with Crippen molar-refractivity contribution in [1.29, 1.82) is 0 Å². The Labute approximate surface area is 68.0 Å². The number of aliphatic carboxylic acids is 1. The van der Waals surface area contributed by atoms with Gasteiger partial charge in [0.15, 0.2) is 5.34 Å². The van der Waals surface area contributed by atoms with Crippen molar-refractivity contribution in [2.75, 3.05) is 0 Å². The lowest BCUT2D eigenvalue weighted by atomic mass is 10.0. The van der Waals surface area contributed by atoms with Gasteiger partial charge in [-0.3, -0.25) is 0 Å². The summed E-state index contributed by atoms with van der Waals surface area (Å²) in [6.07, 6.45) is 3.72. The molecule has 1 aliphatic carbocycles. The fourth-order valence-electron chi connectivity index (χ4n) is 1.54. The Kier molecular flexibility index (Phi) is 2.50. The molecule has 0 aromatic heterocycles. The number of carboxylic acid groups (broad SMARTS) is 1. The molecule has 1 fully saturated rings. The maximum absolute atomic E-state index is 10.5. The van der Waals surface area contributed by atoms with Crippen LogP contribution in [0.15, 0.2) is 0 Å². The van der Waals surface area contributed by atoms with Crippen LogP contribution < -0.4 is 0 Å². The van der Waals surface area contributed by atoms with E-state index in [1.54, 1.807) is 0 Å². The van der Waals surface area contributed by atoms with Crippen LogP contribution in [0.5, 0.6) is 0 Å². The second-order valence-electron chi connectivity index (χ2n) is 3.11. The summed E-state index contributed by atoms with van der Waals surface area (Å²) in [5.41, 5.74) is 0. The quantitative estimate of drug-likeness (QED) is 0.612. The third-order valence-electron chi connectivity index (χ3n) is 2.32. The molecule has 0 heterocycles. The largest absolute Gasteiger partial charge is 0.479 e. The fraction of sp³-hybridized carbons (Fsp3) is 0.857. The van der Waals surface area contributed by atoms with Crippen LogP contribution >= 0.6 is 9.24 Å². The van der Waals surface area contributed by atoms with E-state index in [0.29, 0.717) is 0 Å². The van der Waals surface area contributed by atoms with Gasteiger partial charge < -0.3 is 10.2 Å². The minimum absolute atomic E-state index is 0.0787. The molecule has 1 unspecified atom stereocenters. The predicted octanol–water partition coefficient (Wildman–Crippen LogP) is 0.825. The van der Waals surface area contributed by atoms with E-state index in [1.165, 1.54) is 0 Å². The third kappa shape index (κ3) is 1.71. The summed E-state index contributed by atoms with van der Waals surface area (Å²) in [6, 6.07) is 0. The van der Waals surface area contributed by atoms with Crippen LogP contribution in [0, 0.1) is 5.92 Å². The van der Waals surface area contributed by atoms with Gasteiger partial charge in [-0.1, -0.05) is 22.1 Å². The van der Waals surface area contributed by atoms with Crippen molar-refractivity contribution in [2.45, 2.75) is 31.0 Å². The zero-order valence-corrected chi connectivity index (χ0v) is 7.44. The second-order valence-corrected chi connectivity index (χ2v) is 3.99. The third-order valence-corrected chi connectivity index (χ3v) is 3.04. The molecule has 0 amide bonds. The SMILES string of the molecule is O=C(O)[C@@](O)(P)C1CCCC1. The predicted molar refractivity (Wildman–Crippen MR) is 44.3 cm³/mol. The summed E-state index contributed by atoms with van der Waals surface area (Å²) in [4.78, 5) is 10.5. The molecule has 4 heteroatoms. The molecule has 3 nitrogen and oxygen atoms in total. The molecule has 0 bridgehead atoms. The van der Waals surface area contributed by atoms with Crippen LogP contribution in [0.1, 0.15) is 25.7 Å². The van der Waals surface area contributed by atoms with E-state index in [0.717, 1.165) is 25.7 Å². The average Bonchev–Trinajstić information content (AvgIpc) is 2.37. The Bertz CT molecular complexity index is 161. The van der Waals surface area contributed by atoms with Gasteiger partial charge in [0, 0.05) is 5.92 Å². The molecule has 0 saturated heterocycles. The number of aliphatic hydroxyl groups is 1. The minimum Gasteiger partial charge on any atom is -0.479 e. The topological polar surface area (TPSA) is 57.5 Å². The first-order chi connectivity index (χ1) is 5.05. The van der Waals surface area contributed by atoms with Crippen LogP contribution in [-0.2, 0) is 4.79 Å². The van der Waals surface area contributed by atoms with Gasteiger partial charge in [-0.25, -0.2) is 4.79 Å². The highest BCUT2D eigenvalue weighted by molar-refractivity contribution is 7.20. The van der Waals surface area contributed by atoms with Crippen molar-refractivity contribution in [1.82, 2.24) is 0 Å². The van der Waals surface area contributed by atoms with Crippen molar-refractivity contribution >= 4 is 15.2 Å². The van der Waals surface area contributed by atoms with Crippen molar-refractivity contribution in [3.8, 4) is 0 Å². The van der Waals surface area contributed by atoms with Crippen LogP contribution in [0.2, 0.25) is 0 Å². The van der Waals surface area contributed by atoms with Crippen LogP contribution in [0.4, 0.5) is 0 Å². The molecule has 11 heavy (non-hydrogen) atoms. The number of hydrogen-bond donors (Lipinski definition) is 2. The summed E-state index contributed by atoms with van der Waals surface area (Å²) >= 11 is 0. The van der Waals surface area contributed by atoms with Gasteiger partial charge in [0.25, 0.3) is 0 Å². The Morgan fingerprint density at radius 2 is 1.91 bits per heavy atom. The number of hydrogen-bond acceptors (Lipinski definition) is 2. The lowest BCUT2D eigenvalue weighted by Crippen LogP contribution is -2.38. The molecule has 1 saturated carbocycles. The van der Waals surface area contributed by atoms with E-state index in [4.69, 9.17) is 5.11 Å². The highest BCUT2D eigenvalue weighted by Crippen LogP contribution is 2.38. The molecule has 1 rings (SSSR count). The summed E-state index contributed by atoms with van der Waals surface area (Å²) in [5, 5.41) is 16.5. The van der Waals surface area contributed by atoms with Gasteiger partial charge >= 0.3 is 5.97 Å². The van der Waals surface area contributed by atoms with Gasteiger partial charge in [-0.05, 0) is 12.8 Å². The Morgan fingerprint density at radius 1 is 1.45 bits per heavy atom. The standard InChI is InChI=1S/C7H13O3P/c8-6(9)7(10,11)5-3-1-2-4-5/h5,10H,1-4,11H2,(H,8,9)/t7-/m0/s1. The van der Waals surface area contributed by atoms with Crippen LogP contribution in [0.25, 0.3) is 0 Å². The summed E-state index contributed by atoms with van der Waals surface area (Å²) in [7, 11) is 2.03. The first-order valence-electron chi connectivity index (χ1n) is 3.80. The molecule has 1 aliphatic rings. The Hall–Kier alpha value is -0.140. The first-order valence-corrected chi connectivity index (χ1v) is 4.37. The maximum Gasteiger partial charge on any atom is 0.339 e. The van der Waals surface area contributed by atoms with Gasteiger partial charge in [-0.2, -0.15) is 0 Å². The Morgan fingerprint density at radius 3 is 2.27 bits per heavy atom. The van der Waals surface area contributed by atoms with E-state index in [-0.39, 0.29) is 5.92 Å². The van der Waals surface area contributed by atoms with E-state index >= 15 is 0 Å². The molecule has 0 aliphatic heterocycles. The highest BCUT2D eigenvalue weighted by atomic mass is 31.0. The lowest BCUT2D eigenvalue weighted by Gasteiger charge is -2.24. The molecule has 0 aromatic carbocycles. The van der Waals surface area contributed by atoms with Gasteiger partial charge in [0.05, 0.1) is 0 Å². The van der Waals surface area contributed by atoms with Crippen LogP contribution in [-0.4, -0.2) is 21.5 Å². The van der Waals surface area contributed by atoms with Crippen molar-refractivity contribution in [3.63, 3.8) is 0 Å².